The lowest BCUT2D eigenvalue weighted by Crippen LogP contribution is -2.66. The van der Waals surface area contributed by atoms with E-state index in [4.69, 9.17) is 23.7 Å². The van der Waals surface area contributed by atoms with Crippen molar-refractivity contribution in [2.45, 2.75) is 99.0 Å². The second-order valence-electron chi connectivity index (χ2n) is 8.36. The molecule has 0 saturated carbocycles. The molecule has 16 nitrogen and oxygen atoms in total. The molecule has 10 N–H and O–H groups in total. The van der Waals surface area contributed by atoms with Crippen molar-refractivity contribution in [3.05, 3.63) is 0 Å². The number of carboxylic acids is 1. The fourth-order valence-corrected chi connectivity index (χ4v) is 3.96. The lowest BCUT2D eigenvalue weighted by atomic mass is 9.96. The first-order valence-electron chi connectivity index (χ1n) is 10.4. The Morgan fingerprint density at radius 3 is 1.91 bits per heavy atom. The topological polar surface area (TPSA) is 266 Å². The Balaban J connectivity index is 1.83. The summed E-state index contributed by atoms with van der Waals surface area (Å²) in [6, 6.07) is 0. The summed E-state index contributed by atoms with van der Waals surface area (Å²) in [4.78, 5) is 11.3. The van der Waals surface area contributed by atoms with Crippen molar-refractivity contribution in [2.24, 2.45) is 0 Å². The van der Waals surface area contributed by atoms with Crippen LogP contribution in [0, 0.1) is 0 Å². The third kappa shape index (κ3) is 5.20. The first-order chi connectivity index (χ1) is 15.9. The quantitative estimate of drug-likeness (QED) is 0.162. The summed E-state index contributed by atoms with van der Waals surface area (Å²) in [5.74, 6) is -1.69. The van der Waals surface area contributed by atoms with Crippen LogP contribution in [0.1, 0.15) is 6.92 Å². The molecule has 16 heteroatoms. The fraction of sp³-hybridized carbons (Fsp3) is 0.944. The summed E-state index contributed by atoms with van der Waals surface area (Å²) in [7, 11) is 0. The van der Waals surface area contributed by atoms with Gasteiger partial charge in [-0.1, -0.05) is 0 Å². The zero-order chi connectivity index (χ0) is 25.5. The molecule has 0 spiro atoms. The normalized spacial score (nSPS) is 52.4. The van der Waals surface area contributed by atoms with Gasteiger partial charge in [0, 0.05) is 0 Å². The molecule has 0 amide bonds. The van der Waals surface area contributed by atoms with Gasteiger partial charge in [0.2, 0.25) is 0 Å². The number of aliphatic hydroxyl groups excluding tert-OH is 9. The predicted octanol–water partition coefficient (Wildman–Crippen LogP) is -6.45. The number of hydrogen-bond donors (Lipinski definition) is 10. The number of aliphatic hydroxyl groups is 9. The number of aliphatic carboxylic acids is 1. The van der Waals surface area contributed by atoms with Gasteiger partial charge in [-0.2, -0.15) is 0 Å². The van der Waals surface area contributed by atoms with E-state index in [1.807, 2.05) is 0 Å². The molecule has 3 rings (SSSR count). The number of carbonyl (C=O) groups is 1. The molecular weight excluding hydrogens is 472 g/mol. The lowest BCUT2D eigenvalue weighted by Gasteiger charge is -2.47. The monoisotopic (exact) mass is 502 g/mol. The highest BCUT2D eigenvalue weighted by molar-refractivity contribution is 5.73. The zero-order valence-electron chi connectivity index (χ0n) is 17.8. The summed E-state index contributed by atoms with van der Waals surface area (Å²) < 4.78 is 26.3. The SMILES string of the molecule is C[C@@H]1O[C@@H](O[C@H]2[C@H](O)[C@@H](CO)OC(O)[C@H]2O)[C@H](O[C@@H]2O[C@H](C(=O)O)[C@@H](O)[C@H](O)[C@H]2O)[C@H](O)[C@H]1O. The predicted molar refractivity (Wildman–Crippen MR) is 100 cm³/mol. The Morgan fingerprint density at radius 2 is 1.32 bits per heavy atom. The van der Waals surface area contributed by atoms with Crippen molar-refractivity contribution >= 4 is 5.97 Å². The smallest absolute Gasteiger partial charge is 0.335 e. The van der Waals surface area contributed by atoms with Crippen molar-refractivity contribution in [1.82, 2.24) is 0 Å². The summed E-state index contributed by atoms with van der Waals surface area (Å²) in [6.07, 6.45) is -26.5. The summed E-state index contributed by atoms with van der Waals surface area (Å²) in [6.45, 7) is 0.585. The Morgan fingerprint density at radius 1 is 0.706 bits per heavy atom. The molecule has 3 aliphatic heterocycles. The molecule has 3 fully saturated rings. The van der Waals surface area contributed by atoms with E-state index in [0.29, 0.717) is 0 Å². The molecule has 3 aliphatic rings. The van der Waals surface area contributed by atoms with Crippen LogP contribution in [0.15, 0.2) is 0 Å². The van der Waals surface area contributed by atoms with E-state index in [1.165, 1.54) is 6.92 Å². The van der Waals surface area contributed by atoms with Gasteiger partial charge < -0.3 is 74.7 Å². The molecule has 198 valence electrons. The molecule has 15 atom stereocenters. The highest BCUT2D eigenvalue weighted by atomic mass is 16.8. The van der Waals surface area contributed by atoms with Gasteiger partial charge in [0.05, 0.1) is 12.7 Å². The average molecular weight is 502 g/mol. The van der Waals surface area contributed by atoms with Gasteiger partial charge >= 0.3 is 5.97 Å². The minimum Gasteiger partial charge on any atom is -0.479 e. The molecule has 0 bridgehead atoms. The molecule has 0 aliphatic carbocycles. The number of ether oxygens (including phenoxy) is 5. The molecule has 0 radical (unpaired) electrons. The van der Waals surface area contributed by atoms with Gasteiger partial charge in [0.1, 0.15) is 61.0 Å². The van der Waals surface area contributed by atoms with Crippen LogP contribution >= 0.6 is 0 Å². The van der Waals surface area contributed by atoms with Crippen LogP contribution in [-0.4, -0.2) is 156 Å². The van der Waals surface area contributed by atoms with E-state index >= 15 is 0 Å². The Labute approximate surface area is 192 Å². The van der Waals surface area contributed by atoms with Crippen LogP contribution in [-0.2, 0) is 28.5 Å². The van der Waals surface area contributed by atoms with E-state index in [0.717, 1.165) is 0 Å². The summed E-state index contributed by atoms with van der Waals surface area (Å²) >= 11 is 0. The van der Waals surface area contributed by atoms with Crippen molar-refractivity contribution < 1.29 is 79.5 Å². The van der Waals surface area contributed by atoms with Crippen LogP contribution in [0.5, 0.6) is 0 Å². The third-order valence-electron chi connectivity index (χ3n) is 6.02. The zero-order valence-corrected chi connectivity index (χ0v) is 17.8. The van der Waals surface area contributed by atoms with Gasteiger partial charge in [0.15, 0.2) is 25.0 Å². The summed E-state index contributed by atoms with van der Waals surface area (Å²) in [5, 5.41) is 99.7. The molecule has 1 unspecified atom stereocenters. The van der Waals surface area contributed by atoms with Crippen molar-refractivity contribution in [2.75, 3.05) is 6.61 Å². The first-order valence-corrected chi connectivity index (χ1v) is 10.4. The first kappa shape index (κ1) is 27.5. The van der Waals surface area contributed by atoms with Crippen molar-refractivity contribution in [3.8, 4) is 0 Å². The molecular formula is C18H30O16. The maximum absolute atomic E-state index is 11.3. The minimum absolute atomic E-state index is 0.757. The standard InChI is InChI=1S/C18H30O16/c1-3-5(20)8(23)14(34-17-10(25)7(22)9(24)13(33-17)15(27)28)18(30-3)32-12-6(21)4(2-19)31-16(29)11(12)26/h3-14,16-26,29H,2H2,1H3,(H,27,28)/t3-,4+,5-,6+,7-,8+,9-,10+,11-,12-,13-,14+,16?,17-,18-/m0/s1. The van der Waals surface area contributed by atoms with Gasteiger partial charge in [-0.15, -0.1) is 0 Å². The van der Waals surface area contributed by atoms with Gasteiger partial charge in [0.25, 0.3) is 0 Å². The van der Waals surface area contributed by atoms with Crippen LogP contribution in [0.3, 0.4) is 0 Å². The molecule has 34 heavy (non-hydrogen) atoms. The average Bonchev–Trinajstić information content (AvgIpc) is 2.79. The third-order valence-corrected chi connectivity index (χ3v) is 6.02. The number of carboxylic acid groups (broad SMARTS) is 1. The largest absolute Gasteiger partial charge is 0.479 e. The van der Waals surface area contributed by atoms with E-state index in [2.05, 4.69) is 0 Å². The van der Waals surface area contributed by atoms with Crippen LogP contribution in [0.4, 0.5) is 0 Å². The summed E-state index contributed by atoms with van der Waals surface area (Å²) in [5.41, 5.74) is 0. The maximum atomic E-state index is 11.3. The number of hydrogen-bond acceptors (Lipinski definition) is 15. The molecule has 0 aromatic rings. The minimum atomic E-state index is -2.02. The molecule has 3 heterocycles. The van der Waals surface area contributed by atoms with E-state index in [1.54, 1.807) is 0 Å². The lowest BCUT2D eigenvalue weighted by molar-refractivity contribution is -0.383. The Bertz CT molecular complexity index is 695. The van der Waals surface area contributed by atoms with Gasteiger partial charge in [-0.3, -0.25) is 0 Å². The van der Waals surface area contributed by atoms with Crippen LogP contribution in [0.25, 0.3) is 0 Å². The number of rotatable bonds is 6. The van der Waals surface area contributed by atoms with Crippen molar-refractivity contribution in [3.63, 3.8) is 0 Å². The highest BCUT2D eigenvalue weighted by Crippen LogP contribution is 2.32. The van der Waals surface area contributed by atoms with E-state index < -0.39 is 105 Å². The van der Waals surface area contributed by atoms with E-state index in [-0.39, 0.29) is 0 Å². The van der Waals surface area contributed by atoms with Gasteiger partial charge in [-0.25, -0.2) is 4.79 Å². The Hall–Kier alpha value is -1.09. The van der Waals surface area contributed by atoms with Crippen LogP contribution < -0.4 is 0 Å². The molecule has 0 aromatic heterocycles. The fourth-order valence-electron chi connectivity index (χ4n) is 3.96. The van der Waals surface area contributed by atoms with Gasteiger partial charge in [-0.05, 0) is 6.92 Å². The molecule has 3 saturated heterocycles. The molecule has 0 aromatic carbocycles. The van der Waals surface area contributed by atoms with Crippen molar-refractivity contribution in [1.29, 1.82) is 0 Å². The second kappa shape index (κ2) is 10.9. The van der Waals surface area contributed by atoms with Crippen LogP contribution in [0.2, 0.25) is 0 Å². The maximum Gasteiger partial charge on any atom is 0.335 e. The van der Waals surface area contributed by atoms with E-state index in [9.17, 15) is 55.9 Å². The Kier molecular flexibility index (Phi) is 8.81. The second-order valence-corrected chi connectivity index (χ2v) is 8.36. The highest BCUT2D eigenvalue weighted by Gasteiger charge is 2.54.